The van der Waals surface area contributed by atoms with Crippen molar-refractivity contribution >= 4 is 17.6 Å². The van der Waals surface area contributed by atoms with E-state index in [4.69, 9.17) is 5.73 Å². The van der Waals surface area contributed by atoms with Gasteiger partial charge in [0.2, 0.25) is 0 Å². The van der Waals surface area contributed by atoms with Gasteiger partial charge in [-0.3, -0.25) is 9.79 Å². The molecule has 0 aromatic heterocycles. The molecule has 0 bridgehead atoms. The van der Waals surface area contributed by atoms with Crippen LogP contribution in [0.5, 0.6) is 0 Å². The van der Waals surface area contributed by atoms with Crippen LogP contribution in [0.3, 0.4) is 0 Å². The molecular formula is C16H25N3O2. The number of unbranched alkanes of at least 4 members (excludes halogenated alkanes) is 2. The van der Waals surface area contributed by atoms with Crippen molar-refractivity contribution in [2.45, 2.75) is 39.0 Å². The lowest BCUT2D eigenvalue weighted by Crippen LogP contribution is -2.22. The highest BCUT2D eigenvalue weighted by molar-refractivity contribution is 5.92. The third-order valence-electron chi connectivity index (χ3n) is 3.16. The molecule has 0 amide bonds. The summed E-state index contributed by atoms with van der Waals surface area (Å²) in [6, 6.07) is 8.12. The van der Waals surface area contributed by atoms with Crippen LogP contribution in [0.4, 0.5) is 5.69 Å². The van der Waals surface area contributed by atoms with Gasteiger partial charge in [-0.2, -0.15) is 0 Å². The second kappa shape index (κ2) is 9.80. The van der Waals surface area contributed by atoms with E-state index in [1.165, 1.54) is 12.7 Å². The Kier molecular flexibility index (Phi) is 7.94. The van der Waals surface area contributed by atoms with Crippen molar-refractivity contribution in [1.82, 2.24) is 0 Å². The van der Waals surface area contributed by atoms with Gasteiger partial charge in [-0.05, 0) is 37.0 Å². The number of nitrogens with zero attached hydrogens (tertiary/aromatic N) is 1. The molecule has 1 aromatic rings. The molecule has 5 heteroatoms. The van der Waals surface area contributed by atoms with Crippen LogP contribution in [0.1, 0.15) is 38.2 Å². The first kappa shape index (κ1) is 17.0. The molecule has 116 valence electrons. The van der Waals surface area contributed by atoms with Gasteiger partial charge in [0.1, 0.15) is 0 Å². The van der Waals surface area contributed by atoms with Crippen LogP contribution in [-0.4, -0.2) is 25.6 Å². The second-order valence-corrected chi connectivity index (χ2v) is 4.83. The first-order valence-corrected chi connectivity index (χ1v) is 7.38. The molecule has 3 N–H and O–H groups in total. The summed E-state index contributed by atoms with van der Waals surface area (Å²) in [6.07, 6.45) is 4.14. The van der Waals surface area contributed by atoms with Crippen molar-refractivity contribution in [3.63, 3.8) is 0 Å². The largest absolute Gasteiger partial charge is 0.469 e. The highest BCUT2D eigenvalue weighted by Gasteiger charge is 1.99. The Morgan fingerprint density at radius 2 is 2.14 bits per heavy atom. The predicted octanol–water partition coefficient (Wildman–Crippen LogP) is 2.71. The molecule has 0 atom stereocenters. The van der Waals surface area contributed by atoms with E-state index in [0.717, 1.165) is 31.4 Å². The molecule has 0 fully saturated rings. The number of nitrogens with two attached hydrogens (primary N) is 1. The Balaban J connectivity index is 2.25. The fourth-order valence-electron chi connectivity index (χ4n) is 1.92. The zero-order chi connectivity index (χ0) is 15.5. The van der Waals surface area contributed by atoms with E-state index >= 15 is 0 Å². The van der Waals surface area contributed by atoms with Gasteiger partial charge in [-0.25, -0.2) is 0 Å². The number of guanidine groups is 1. The second-order valence-electron chi connectivity index (χ2n) is 4.83. The third-order valence-corrected chi connectivity index (χ3v) is 3.16. The van der Waals surface area contributed by atoms with Crippen LogP contribution < -0.4 is 11.1 Å². The quantitative estimate of drug-likeness (QED) is 0.334. The number of aryl methyl sites for hydroxylation is 1. The molecule has 1 rings (SSSR count). The number of hydrogen-bond acceptors (Lipinski definition) is 3. The fourth-order valence-corrected chi connectivity index (χ4v) is 1.92. The molecule has 0 radical (unpaired) electrons. The van der Waals surface area contributed by atoms with E-state index in [1.807, 2.05) is 12.1 Å². The molecule has 0 saturated heterocycles. The van der Waals surface area contributed by atoms with Crippen molar-refractivity contribution in [3.8, 4) is 0 Å². The summed E-state index contributed by atoms with van der Waals surface area (Å²) in [4.78, 5) is 15.2. The number of benzene rings is 1. The Hall–Kier alpha value is -2.04. The number of esters is 1. The van der Waals surface area contributed by atoms with Gasteiger partial charge >= 0.3 is 5.97 Å². The van der Waals surface area contributed by atoms with Gasteiger partial charge in [-0.1, -0.05) is 25.5 Å². The lowest BCUT2D eigenvalue weighted by Gasteiger charge is -2.07. The molecule has 0 saturated carbocycles. The minimum Gasteiger partial charge on any atom is -0.469 e. The molecule has 0 unspecified atom stereocenters. The summed E-state index contributed by atoms with van der Waals surface area (Å²) in [7, 11) is 1.41. The van der Waals surface area contributed by atoms with Crippen molar-refractivity contribution in [3.05, 3.63) is 29.8 Å². The monoisotopic (exact) mass is 291 g/mol. The Morgan fingerprint density at radius 3 is 2.86 bits per heavy atom. The van der Waals surface area contributed by atoms with E-state index in [2.05, 4.69) is 34.1 Å². The summed E-state index contributed by atoms with van der Waals surface area (Å²) >= 11 is 0. The summed E-state index contributed by atoms with van der Waals surface area (Å²) in [5.74, 6) is 0.270. The number of carbonyl (C=O) groups is 1. The standard InChI is InChI=1S/C16H25N3O2/c1-3-13-8-7-9-14(12-13)19-16(17)18-11-6-4-5-10-15(20)21-2/h7-9,12H,3-6,10-11H2,1-2H3,(H3,17,18,19). The Bertz CT molecular complexity index is 472. The number of aliphatic imine (C=N–C) groups is 1. The normalized spacial score (nSPS) is 11.2. The minimum absolute atomic E-state index is 0.157. The Morgan fingerprint density at radius 1 is 1.33 bits per heavy atom. The number of hydrogen-bond donors (Lipinski definition) is 2. The first-order chi connectivity index (χ1) is 10.2. The van der Waals surface area contributed by atoms with Gasteiger partial charge < -0.3 is 15.8 Å². The zero-order valence-corrected chi connectivity index (χ0v) is 12.9. The van der Waals surface area contributed by atoms with Gasteiger partial charge in [0, 0.05) is 18.7 Å². The molecular weight excluding hydrogens is 266 g/mol. The van der Waals surface area contributed by atoms with E-state index in [-0.39, 0.29) is 5.97 Å². The van der Waals surface area contributed by atoms with Gasteiger partial charge in [0.15, 0.2) is 5.96 Å². The van der Waals surface area contributed by atoms with Crippen LogP contribution in [-0.2, 0) is 16.0 Å². The van der Waals surface area contributed by atoms with Crippen molar-refractivity contribution < 1.29 is 9.53 Å². The number of carbonyl (C=O) groups excluding carboxylic acids is 1. The number of rotatable bonds is 8. The SMILES string of the molecule is CCc1cccc(NC(N)=NCCCCCC(=O)OC)c1. The predicted molar refractivity (Wildman–Crippen MR) is 86.4 cm³/mol. The summed E-state index contributed by atoms with van der Waals surface area (Å²) < 4.78 is 4.58. The average Bonchev–Trinajstić information content (AvgIpc) is 2.50. The van der Waals surface area contributed by atoms with Crippen molar-refractivity contribution in [1.29, 1.82) is 0 Å². The molecule has 0 aliphatic rings. The molecule has 0 aliphatic carbocycles. The lowest BCUT2D eigenvalue weighted by molar-refractivity contribution is -0.140. The summed E-state index contributed by atoms with van der Waals surface area (Å²) in [6.45, 7) is 2.78. The zero-order valence-electron chi connectivity index (χ0n) is 12.9. The number of methoxy groups -OCH3 is 1. The first-order valence-electron chi connectivity index (χ1n) is 7.38. The van der Waals surface area contributed by atoms with Crippen LogP contribution in [0, 0.1) is 0 Å². The molecule has 0 spiro atoms. The van der Waals surface area contributed by atoms with Crippen molar-refractivity contribution in [2.75, 3.05) is 19.0 Å². The van der Waals surface area contributed by atoms with Gasteiger partial charge in [0.25, 0.3) is 0 Å². The van der Waals surface area contributed by atoms with Crippen molar-refractivity contribution in [2.24, 2.45) is 10.7 Å². The fraction of sp³-hybridized carbons (Fsp3) is 0.500. The smallest absolute Gasteiger partial charge is 0.305 e. The topological polar surface area (TPSA) is 76.7 Å². The average molecular weight is 291 g/mol. The van der Waals surface area contributed by atoms with Crippen LogP contribution >= 0.6 is 0 Å². The minimum atomic E-state index is -0.157. The molecule has 5 nitrogen and oxygen atoms in total. The molecule has 0 aliphatic heterocycles. The Labute approximate surface area is 126 Å². The number of ether oxygens (including phenoxy) is 1. The molecule has 1 aromatic carbocycles. The molecule has 0 heterocycles. The maximum atomic E-state index is 10.9. The third kappa shape index (κ3) is 7.34. The van der Waals surface area contributed by atoms with Gasteiger partial charge in [-0.15, -0.1) is 0 Å². The van der Waals surface area contributed by atoms with Crippen LogP contribution in [0.15, 0.2) is 29.3 Å². The summed E-state index contributed by atoms with van der Waals surface area (Å²) in [5, 5.41) is 3.09. The van der Waals surface area contributed by atoms with Crippen LogP contribution in [0.2, 0.25) is 0 Å². The highest BCUT2D eigenvalue weighted by Crippen LogP contribution is 2.10. The van der Waals surface area contributed by atoms with Crippen LogP contribution in [0.25, 0.3) is 0 Å². The molecule has 21 heavy (non-hydrogen) atoms. The number of anilines is 1. The highest BCUT2D eigenvalue weighted by atomic mass is 16.5. The van der Waals surface area contributed by atoms with Gasteiger partial charge in [0.05, 0.1) is 7.11 Å². The van der Waals surface area contributed by atoms with E-state index < -0.39 is 0 Å². The maximum Gasteiger partial charge on any atom is 0.305 e. The van der Waals surface area contributed by atoms with E-state index in [0.29, 0.717) is 18.9 Å². The lowest BCUT2D eigenvalue weighted by atomic mass is 10.1. The maximum absolute atomic E-state index is 10.9. The number of nitrogens with one attached hydrogen (secondary N) is 1. The van der Waals surface area contributed by atoms with E-state index in [1.54, 1.807) is 0 Å². The van der Waals surface area contributed by atoms with E-state index in [9.17, 15) is 4.79 Å². The summed E-state index contributed by atoms with van der Waals surface area (Å²) in [5.41, 5.74) is 8.07.